The third-order valence-corrected chi connectivity index (χ3v) is 2.89. The molecular weight excluding hydrogens is 198 g/mol. The molecule has 0 radical (unpaired) electrons. The van der Waals surface area contributed by atoms with Gasteiger partial charge in [0.15, 0.2) is 5.96 Å². The molecule has 3 N–H and O–H groups in total. The molecule has 0 saturated heterocycles. The van der Waals surface area contributed by atoms with Crippen molar-refractivity contribution >= 4 is 11.6 Å². The summed E-state index contributed by atoms with van der Waals surface area (Å²) in [6, 6.07) is 6.75. The molecule has 0 unspecified atom stereocenters. The number of nitrogens with zero attached hydrogens (tertiary/aromatic N) is 1. The van der Waals surface area contributed by atoms with Crippen molar-refractivity contribution in [2.45, 2.75) is 39.2 Å². The number of aliphatic imine (C=N–C) groups is 1. The topological polar surface area (TPSA) is 50.4 Å². The van der Waals surface area contributed by atoms with Crippen molar-refractivity contribution in [1.29, 1.82) is 0 Å². The first kappa shape index (κ1) is 11.0. The molecule has 1 aliphatic carbocycles. The molecule has 1 aliphatic rings. The summed E-state index contributed by atoms with van der Waals surface area (Å²) in [6.07, 6.45) is 3.63. The van der Waals surface area contributed by atoms with Crippen molar-refractivity contribution in [3.8, 4) is 0 Å². The second-order valence-corrected chi connectivity index (χ2v) is 4.60. The second-order valence-electron chi connectivity index (χ2n) is 4.60. The van der Waals surface area contributed by atoms with Crippen LogP contribution in [-0.2, 0) is 0 Å². The standard InChI is InChI=1S/C13H19N3/c1-9-6-10(2)8-12(7-9)16-13(14)15-11-4-3-5-11/h6-8,11H,3-5H2,1-2H3,(H3,14,15,16). The summed E-state index contributed by atoms with van der Waals surface area (Å²) in [5.74, 6) is 0.537. The molecule has 16 heavy (non-hydrogen) atoms. The molecule has 1 aromatic carbocycles. The third-order valence-electron chi connectivity index (χ3n) is 2.89. The SMILES string of the molecule is Cc1cc(C)cc(NC(N)=NC2CCC2)c1. The van der Waals surface area contributed by atoms with E-state index in [9.17, 15) is 0 Å². The minimum absolute atomic E-state index is 0.443. The highest BCUT2D eigenvalue weighted by atomic mass is 15.1. The van der Waals surface area contributed by atoms with Gasteiger partial charge < -0.3 is 11.1 Å². The van der Waals surface area contributed by atoms with E-state index in [2.05, 4.69) is 42.4 Å². The lowest BCUT2D eigenvalue weighted by Gasteiger charge is -2.21. The van der Waals surface area contributed by atoms with Crippen LogP contribution in [0, 0.1) is 13.8 Å². The summed E-state index contributed by atoms with van der Waals surface area (Å²) in [5.41, 5.74) is 9.35. The highest BCUT2D eigenvalue weighted by molar-refractivity contribution is 5.92. The van der Waals surface area contributed by atoms with Gasteiger partial charge in [-0.25, -0.2) is 4.99 Å². The van der Waals surface area contributed by atoms with Gasteiger partial charge in [-0.2, -0.15) is 0 Å². The Balaban J connectivity index is 2.04. The molecule has 0 aromatic heterocycles. The first-order chi connectivity index (χ1) is 7.63. The van der Waals surface area contributed by atoms with Gasteiger partial charge in [-0.3, -0.25) is 0 Å². The van der Waals surface area contributed by atoms with Crippen LogP contribution in [-0.4, -0.2) is 12.0 Å². The lowest BCUT2D eigenvalue weighted by molar-refractivity contribution is 0.420. The van der Waals surface area contributed by atoms with Crippen LogP contribution in [0.5, 0.6) is 0 Å². The molecule has 3 nitrogen and oxygen atoms in total. The lowest BCUT2D eigenvalue weighted by Crippen LogP contribution is -2.27. The summed E-state index contributed by atoms with van der Waals surface area (Å²) in [7, 11) is 0. The van der Waals surface area contributed by atoms with Crippen molar-refractivity contribution < 1.29 is 0 Å². The first-order valence-corrected chi connectivity index (χ1v) is 5.82. The Morgan fingerprint density at radius 2 is 1.88 bits per heavy atom. The molecule has 0 aliphatic heterocycles. The molecule has 3 heteroatoms. The molecule has 0 heterocycles. The molecule has 1 saturated carbocycles. The molecule has 86 valence electrons. The third kappa shape index (κ3) is 2.75. The maximum Gasteiger partial charge on any atom is 0.193 e. The fraction of sp³-hybridized carbons (Fsp3) is 0.462. The van der Waals surface area contributed by atoms with E-state index in [0.717, 1.165) is 5.69 Å². The van der Waals surface area contributed by atoms with Gasteiger partial charge in [-0.05, 0) is 56.4 Å². The maximum absolute atomic E-state index is 5.86. The van der Waals surface area contributed by atoms with Gasteiger partial charge in [0.1, 0.15) is 0 Å². The number of benzene rings is 1. The zero-order chi connectivity index (χ0) is 11.5. The number of nitrogens with one attached hydrogen (secondary N) is 1. The van der Waals surface area contributed by atoms with Crippen molar-refractivity contribution in [3.63, 3.8) is 0 Å². The van der Waals surface area contributed by atoms with Crippen LogP contribution < -0.4 is 11.1 Å². The van der Waals surface area contributed by atoms with E-state index in [-0.39, 0.29) is 0 Å². The lowest BCUT2D eigenvalue weighted by atomic mass is 9.94. The molecule has 0 spiro atoms. The van der Waals surface area contributed by atoms with Crippen molar-refractivity contribution in [2.75, 3.05) is 5.32 Å². The Bertz CT molecular complexity index is 385. The van der Waals surface area contributed by atoms with Crippen molar-refractivity contribution in [2.24, 2.45) is 10.7 Å². The number of anilines is 1. The number of guanidine groups is 1. The van der Waals surface area contributed by atoms with Crippen molar-refractivity contribution in [1.82, 2.24) is 0 Å². The van der Waals surface area contributed by atoms with Gasteiger partial charge >= 0.3 is 0 Å². The minimum Gasteiger partial charge on any atom is -0.370 e. The first-order valence-electron chi connectivity index (χ1n) is 5.82. The number of nitrogens with two attached hydrogens (primary N) is 1. The Labute approximate surface area is 96.8 Å². The summed E-state index contributed by atoms with van der Waals surface area (Å²) >= 11 is 0. The van der Waals surface area contributed by atoms with E-state index in [1.165, 1.54) is 30.4 Å². The summed E-state index contributed by atoms with van der Waals surface area (Å²) in [4.78, 5) is 4.42. The molecule has 1 aromatic rings. The quantitative estimate of drug-likeness (QED) is 0.591. The van der Waals surface area contributed by atoms with Gasteiger partial charge in [0.25, 0.3) is 0 Å². The number of hydrogen-bond acceptors (Lipinski definition) is 1. The number of aryl methyl sites for hydroxylation is 2. The smallest absolute Gasteiger partial charge is 0.193 e. The van der Waals surface area contributed by atoms with E-state index in [4.69, 9.17) is 5.73 Å². The molecule has 0 amide bonds. The number of hydrogen-bond donors (Lipinski definition) is 2. The Morgan fingerprint density at radius 1 is 1.25 bits per heavy atom. The highest BCUT2D eigenvalue weighted by Gasteiger charge is 2.16. The van der Waals surface area contributed by atoms with E-state index in [1.807, 2.05) is 0 Å². The van der Waals surface area contributed by atoms with Crippen molar-refractivity contribution in [3.05, 3.63) is 29.3 Å². The van der Waals surface area contributed by atoms with Crippen LogP contribution >= 0.6 is 0 Å². The molecule has 0 atom stereocenters. The zero-order valence-corrected chi connectivity index (χ0v) is 9.96. The van der Waals surface area contributed by atoms with Gasteiger partial charge in [0, 0.05) is 5.69 Å². The molecule has 0 bridgehead atoms. The highest BCUT2D eigenvalue weighted by Crippen LogP contribution is 2.22. The van der Waals surface area contributed by atoms with Gasteiger partial charge in [0.05, 0.1) is 6.04 Å². The predicted molar refractivity (Wildman–Crippen MR) is 68.8 cm³/mol. The Morgan fingerprint density at radius 3 is 2.38 bits per heavy atom. The maximum atomic E-state index is 5.86. The van der Waals surface area contributed by atoms with Crippen LogP contribution in [0.4, 0.5) is 5.69 Å². The van der Waals surface area contributed by atoms with E-state index < -0.39 is 0 Å². The van der Waals surface area contributed by atoms with Crippen LogP contribution in [0.2, 0.25) is 0 Å². The normalized spacial score (nSPS) is 17.0. The molecule has 1 fully saturated rings. The predicted octanol–water partition coefficient (Wildman–Crippen LogP) is 2.58. The van der Waals surface area contributed by atoms with E-state index >= 15 is 0 Å². The van der Waals surface area contributed by atoms with Gasteiger partial charge in [0.2, 0.25) is 0 Å². The van der Waals surface area contributed by atoms with Crippen LogP contribution in [0.15, 0.2) is 23.2 Å². The average molecular weight is 217 g/mol. The molecule has 2 rings (SSSR count). The van der Waals surface area contributed by atoms with Crippen LogP contribution in [0.25, 0.3) is 0 Å². The Hall–Kier alpha value is -1.51. The zero-order valence-electron chi connectivity index (χ0n) is 9.96. The monoisotopic (exact) mass is 217 g/mol. The second kappa shape index (κ2) is 4.56. The summed E-state index contributed by atoms with van der Waals surface area (Å²) in [6.45, 7) is 4.16. The number of rotatable bonds is 2. The van der Waals surface area contributed by atoms with Crippen LogP contribution in [0.3, 0.4) is 0 Å². The van der Waals surface area contributed by atoms with E-state index in [0.29, 0.717) is 12.0 Å². The Kier molecular flexibility index (Phi) is 3.13. The van der Waals surface area contributed by atoms with E-state index in [1.54, 1.807) is 0 Å². The fourth-order valence-corrected chi connectivity index (χ4v) is 1.94. The largest absolute Gasteiger partial charge is 0.370 e. The average Bonchev–Trinajstić information content (AvgIpc) is 2.09. The van der Waals surface area contributed by atoms with Gasteiger partial charge in [-0.15, -0.1) is 0 Å². The van der Waals surface area contributed by atoms with Crippen LogP contribution in [0.1, 0.15) is 30.4 Å². The minimum atomic E-state index is 0.443. The summed E-state index contributed by atoms with van der Waals surface area (Å²) < 4.78 is 0. The molecular formula is C13H19N3. The van der Waals surface area contributed by atoms with Gasteiger partial charge in [-0.1, -0.05) is 6.07 Å². The summed E-state index contributed by atoms with van der Waals surface area (Å²) in [5, 5.41) is 3.15. The fourth-order valence-electron chi connectivity index (χ4n) is 1.94.